The van der Waals surface area contributed by atoms with Crippen LogP contribution < -0.4 is 4.74 Å². The topological polar surface area (TPSA) is 63.0 Å². The molecule has 0 aliphatic carbocycles. The van der Waals surface area contributed by atoms with Gasteiger partial charge in [-0.25, -0.2) is 0 Å². The maximum atomic E-state index is 13.5. The summed E-state index contributed by atoms with van der Waals surface area (Å²) >= 11 is 7.85. The predicted molar refractivity (Wildman–Crippen MR) is 134 cm³/mol. The van der Waals surface area contributed by atoms with Crippen molar-refractivity contribution in [2.75, 3.05) is 26.2 Å². The first-order valence-electron chi connectivity index (χ1n) is 11.4. The molecule has 0 radical (unpaired) electrons. The highest BCUT2D eigenvalue weighted by Crippen LogP contribution is 2.34. The molecule has 0 bridgehead atoms. The maximum absolute atomic E-state index is 13.5. The lowest BCUT2D eigenvalue weighted by atomic mass is 10.00. The van der Waals surface area contributed by atoms with Crippen molar-refractivity contribution in [1.29, 1.82) is 0 Å². The fourth-order valence-electron chi connectivity index (χ4n) is 4.23. The second-order valence-corrected chi connectivity index (χ2v) is 10.3. The summed E-state index contributed by atoms with van der Waals surface area (Å²) in [6.45, 7) is 7.35. The molecule has 1 aliphatic heterocycles. The summed E-state index contributed by atoms with van der Waals surface area (Å²) in [5.41, 5.74) is 2.05. The minimum atomic E-state index is -0.273. The van der Waals surface area contributed by atoms with Gasteiger partial charge in [0, 0.05) is 23.0 Å². The van der Waals surface area contributed by atoms with Crippen LogP contribution >= 0.6 is 22.9 Å². The van der Waals surface area contributed by atoms with Crippen molar-refractivity contribution in [1.82, 2.24) is 9.80 Å². The zero-order chi connectivity index (χ0) is 24.2. The van der Waals surface area contributed by atoms with Crippen LogP contribution in [-0.4, -0.2) is 47.9 Å². The van der Waals surface area contributed by atoms with Gasteiger partial charge in [0.15, 0.2) is 5.76 Å². The number of thiophene rings is 1. The Hall–Kier alpha value is -2.77. The number of ether oxygens (including phenoxy) is 1. The molecule has 1 atom stereocenters. The Balaban J connectivity index is 1.53. The molecule has 1 aromatic carbocycles. The third-order valence-electron chi connectivity index (χ3n) is 5.88. The lowest BCUT2D eigenvalue weighted by Gasteiger charge is -2.37. The van der Waals surface area contributed by atoms with E-state index in [-0.39, 0.29) is 36.1 Å². The highest BCUT2D eigenvalue weighted by atomic mass is 35.5. The quantitative estimate of drug-likeness (QED) is 0.403. The molecule has 0 saturated heterocycles. The summed E-state index contributed by atoms with van der Waals surface area (Å²) in [6.07, 6.45) is 2.27. The fourth-order valence-corrected chi connectivity index (χ4v) is 5.27. The summed E-state index contributed by atoms with van der Waals surface area (Å²) in [5, 5.41) is 2.75. The molecule has 2 amide bonds. The van der Waals surface area contributed by atoms with Crippen LogP contribution in [0.25, 0.3) is 0 Å². The van der Waals surface area contributed by atoms with E-state index < -0.39 is 0 Å². The standard InChI is InChI=1S/C26H29ClN2O4S/c1-17(2)14-28(26(31)23-5-4-11-32-23)15-25(30)29-10-8-24-20(9-12-34-24)22(29)16-33-19-6-7-21(27)18(3)13-19/h4-7,9,11-13,17,22H,8,10,14-16H2,1-3H3. The van der Waals surface area contributed by atoms with E-state index in [1.54, 1.807) is 28.4 Å². The Kier molecular flexibility index (Phi) is 7.63. The van der Waals surface area contributed by atoms with Crippen molar-refractivity contribution in [3.8, 4) is 5.75 Å². The molecule has 1 unspecified atom stereocenters. The van der Waals surface area contributed by atoms with Gasteiger partial charge in [-0.15, -0.1) is 11.3 Å². The van der Waals surface area contributed by atoms with E-state index in [9.17, 15) is 9.59 Å². The molecule has 2 aromatic heterocycles. The van der Waals surface area contributed by atoms with Crippen LogP contribution in [0.2, 0.25) is 5.02 Å². The lowest BCUT2D eigenvalue weighted by Crippen LogP contribution is -2.48. The number of rotatable bonds is 8. The van der Waals surface area contributed by atoms with Crippen molar-refractivity contribution in [2.45, 2.75) is 33.2 Å². The molecule has 3 heterocycles. The van der Waals surface area contributed by atoms with Crippen molar-refractivity contribution < 1.29 is 18.7 Å². The minimum Gasteiger partial charge on any atom is -0.491 e. The third-order valence-corrected chi connectivity index (χ3v) is 7.30. The number of carbonyl (C=O) groups excluding carboxylic acids is 2. The van der Waals surface area contributed by atoms with Crippen LogP contribution in [0.4, 0.5) is 0 Å². The van der Waals surface area contributed by atoms with Gasteiger partial charge in [-0.2, -0.15) is 0 Å². The molecule has 0 spiro atoms. The van der Waals surface area contributed by atoms with Crippen molar-refractivity contribution in [2.24, 2.45) is 5.92 Å². The number of carbonyl (C=O) groups is 2. The number of amides is 2. The highest BCUT2D eigenvalue weighted by molar-refractivity contribution is 7.10. The average molecular weight is 501 g/mol. The van der Waals surface area contributed by atoms with E-state index in [1.165, 1.54) is 11.1 Å². The number of hydrogen-bond donors (Lipinski definition) is 0. The van der Waals surface area contributed by atoms with E-state index in [2.05, 4.69) is 11.4 Å². The second-order valence-electron chi connectivity index (χ2n) is 8.93. The van der Waals surface area contributed by atoms with E-state index in [0.29, 0.717) is 30.5 Å². The Morgan fingerprint density at radius 2 is 2.12 bits per heavy atom. The smallest absolute Gasteiger partial charge is 0.290 e. The van der Waals surface area contributed by atoms with E-state index >= 15 is 0 Å². The molecule has 0 saturated carbocycles. The van der Waals surface area contributed by atoms with Crippen molar-refractivity contribution in [3.63, 3.8) is 0 Å². The van der Waals surface area contributed by atoms with E-state index in [4.69, 9.17) is 20.8 Å². The zero-order valence-electron chi connectivity index (χ0n) is 19.6. The van der Waals surface area contributed by atoms with Gasteiger partial charge in [0.1, 0.15) is 18.9 Å². The van der Waals surface area contributed by atoms with Crippen LogP contribution in [0, 0.1) is 12.8 Å². The first-order chi connectivity index (χ1) is 16.3. The van der Waals surface area contributed by atoms with Crippen molar-refractivity contribution >= 4 is 34.8 Å². The van der Waals surface area contributed by atoms with Gasteiger partial charge in [-0.3, -0.25) is 9.59 Å². The monoisotopic (exact) mass is 500 g/mol. The SMILES string of the molecule is Cc1cc(OCC2c3ccsc3CCN2C(=O)CN(CC(C)C)C(=O)c2ccco2)ccc1Cl. The summed E-state index contributed by atoms with van der Waals surface area (Å²) in [6, 6.07) is 10.7. The Labute approximate surface area is 209 Å². The van der Waals surface area contributed by atoms with Crippen LogP contribution in [0.5, 0.6) is 5.75 Å². The number of benzene rings is 1. The first-order valence-corrected chi connectivity index (χ1v) is 12.7. The van der Waals surface area contributed by atoms with Crippen LogP contribution in [0.1, 0.15) is 46.4 Å². The Morgan fingerprint density at radius 1 is 1.29 bits per heavy atom. The average Bonchev–Trinajstić information content (AvgIpc) is 3.50. The van der Waals surface area contributed by atoms with Gasteiger partial charge in [-0.05, 0) is 72.2 Å². The molecule has 4 rings (SSSR count). The molecule has 34 heavy (non-hydrogen) atoms. The van der Waals surface area contributed by atoms with E-state index in [0.717, 1.165) is 17.5 Å². The van der Waals surface area contributed by atoms with Crippen LogP contribution in [-0.2, 0) is 11.2 Å². The molecular weight excluding hydrogens is 472 g/mol. The van der Waals surface area contributed by atoms with Crippen LogP contribution in [0.3, 0.4) is 0 Å². The van der Waals surface area contributed by atoms with E-state index in [1.807, 2.05) is 43.9 Å². The summed E-state index contributed by atoms with van der Waals surface area (Å²) in [4.78, 5) is 31.2. The Bertz CT molecular complexity index is 1140. The van der Waals surface area contributed by atoms with Crippen molar-refractivity contribution in [3.05, 3.63) is 74.8 Å². The summed E-state index contributed by atoms with van der Waals surface area (Å²) in [7, 11) is 0. The molecule has 0 N–H and O–H groups in total. The highest BCUT2D eigenvalue weighted by Gasteiger charge is 2.34. The van der Waals surface area contributed by atoms with Gasteiger partial charge in [0.05, 0.1) is 12.3 Å². The van der Waals surface area contributed by atoms with Crippen LogP contribution in [0.15, 0.2) is 52.5 Å². The number of fused-ring (bicyclic) bond motifs is 1. The van der Waals surface area contributed by atoms with Gasteiger partial charge in [0.2, 0.25) is 5.91 Å². The first kappa shape index (κ1) is 24.4. The molecular formula is C26H29ClN2O4S. The zero-order valence-corrected chi connectivity index (χ0v) is 21.2. The minimum absolute atomic E-state index is 0.00621. The normalized spacial score (nSPS) is 15.3. The molecule has 0 fully saturated rings. The number of furan rings is 1. The van der Waals surface area contributed by atoms with Gasteiger partial charge < -0.3 is 19.0 Å². The summed E-state index contributed by atoms with van der Waals surface area (Å²) < 4.78 is 11.4. The number of halogens is 1. The fraction of sp³-hybridized carbons (Fsp3) is 0.385. The molecule has 180 valence electrons. The molecule has 6 nitrogen and oxygen atoms in total. The van der Waals surface area contributed by atoms with Gasteiger partial charge in [0.25, 0.3) is 5.91 Å². The maximum Gasteiger partial charge on any atom is 0.290 e. The largest absolute Gasteiger partial charge is 0.491 e. The molecule has 8 heteroatoms. The number of aryl methyl sites for hydroxylation is 1. The number of nitrogens with zero attached hydrogens (tertiary/aromatic N) is 2. The van der Waals surface area contributed by atoms with Gasteiger partial charge in [-0.1, -0.05) is 25.4 Å². The summed E-state index contributed by atoms with van der Waals surface area (Å²) in [5.74, 6) is 0.795. The number of hydrogen-bond acceptors (Lipinski definition) is 5. The molecule has 3 aromatic rings. The van der Waals surface area contributed by atoms with Gasteiger partial charge >= 0.3 is 0 Å². The predicted octanol–water partition coefficient (Wildman–Crippen LogP) is 5.61. The molecule has 1 aliphatic rings. The Morgan fingerprint density at radius 3 is 2.82 bits per heavy atom. The second kappa shape index (κ2) is 10.7. The third kappa shape index (κ3) is 5.47. The lowest BCUT2D eigenvalue weighted by molar-refractivity contribution is -0.135.